The Morgan fingerprint density at radius 1 is 1.42 bits per heavy atom. The molecule has 0 aliphatic carbocycles. The van der Waals surface area contributed by atoms with Gasteiger partial charge in [-0.1, -0.05) is 0 Å². The summed E-state index contributed by atoms with van der Waals surface area (Å²) in [5.41, 5.74) is 0. The number of thiocarbonyl (C=S) groups is 1. The molecule has 0 saturated carbocycles. The van der Waals surface area contributed by atoms with Crippen molar-refractivity contribution in [1.82, 2.24) is 0 Å². The van der Waals surface area contributed by atoms with Crippen LogP contribution in [0.3, 0.4) is 0 Å². The first-order valence-corrected chi connectivity index (χ1v) is 4.22. The molecule has 2 aliphatic heterocycles. The quantitative estimate of drug-likeness (QED) is 0.561. The highest BCUT2D eigenvalue weighted by molar-refractivity contribution is 7.79. The Morgan fingerprint density at radius 3 is 2.92 bits per heavy atom. The molecule has 0 N–H and O–H groups in total. The summed E-state index contributed by atoms with van der Waals surface area (Å²) < 4.78 is 20.8. The lowest BCUT2D eigenvalue weighted by molar-refractivity contribution is -0.182. The van der Waals surface area contributed by atoms with Gasteiger partial charge in [0.2, 0.25) is 0 Å². The molecule has 2 rings (SSSR count). The molecule has 2 aliphatic rings. The van der Waals surface area contributed by atoms with Crippen molar-refractivity contribution >= 4 is 17.5 Å². The maximum absolute atomic E-state index is 5.30. The molecular weight excluding hydrogens is 180 g/mol. The Bertz CT molecular complexity index is 196. The maximum atomic E-state index is 5.30. The van der Waals surface area contributed by atoms with Gasteiger partial charge in [-0.05, 0) is 0 Å². The summed E-state index contributed by atoms with van der Waals surface area (Å²) in [6.45, 7) is 0.489. The van der Waals surface area contributed by atoms with Crippen LogP contribution in [-0.4, -0.2) is 37.5 Å². The number of methoxy groups -OCH3 is 1. The fraction of sp³-hybridized carbons (Fsp3) is 0.857. The average molecular weight is 190 g/mol. The summed E-state index contributed by atoms with van der Waals surface area (Å²) in [7, 11) is 1.61. The summed E-state index contributed by atoms with van der Waals surface area (Å²) in [5, 5.41) is 0.227. The summed E-state index contributed by atoms with van der Waals surface area (Å²) in [4.78, 5) is 0. The lowest BCUT2D eigenvalue weighted by Crippen LogP contribution is -2.39. The third-order valence-electron chi connectivity index (χ3n) is 2.04. The van der Waals surface area contributed by atoms with Gasteiger partial charge in [-0.25, -0.2) is 0 Å². The second-order valence-electron chi connectivity index (χ2n) is 2.80. The van der Waals surface area contributed by atoms with E-state index >= 15 is 0 Å². The van der Waals surface area contributed by atoms with Crippen LogP contribution in [0.5, 0.6) is 0 Å². The standard InChI is InChI=1S/C7H10O4S/c1-8-6-2-4-5(3-9-6)11-7(12)10-4/h4-6H,2-3H2,1H3/t4-,5+,6+/m0/s1. The second kappa shape index (κ2) is 3.16. The zero-order valence-electron chi connectivity index (χ0n) is 6.69. The van der Waals surface area contributed by atoms with Crippen molar-refractivity contribution in [3.8, 4) is 0 Å². The van der Waals surface area contributed by atoms with Crippen LogP contribution < -0.4 is 0 Å². The van der Waals surface area contributed by atoms with E-state index in [-0.39, 0.29) is 23.7 Å². The van der Waals surface area contributed by atoms with Gasteiger partial charge in [0.25, 0.3) is 0 Å². The molecule has 0 spiro atoms. The zero-order valence-corrected chi connectivity index (χ0v) is 7.50. The first-order chi connectivity index (χ1) is 5.79. The van der Waals surface area contributed by atoms with Gasteiger partial charge < -0.3 is 18.9 Å². The Balaban J connectivity index is 1.97. The van der Waals surface area contributed by atoms with E-state index in [2.05, 4.69) is 0 Å². The average Bonchev–Trinajstić information content (AvgIpc) is 2.43. The van der Waals surface area contributed by atoms with Gasteiger partial charge in [-0.3, -0.25) is 0 Å². The van der Waals surface area contributed by atoms with Gasteiger partial charge in [-0.15, -0.1) is 0 Å². The Hall–Kier alpha value is -0.390. The van der Waals surface area contributed by atoms with E-state index in [0.29, 0.717) is 13.0 Å². The minimum absolute atomic E-state index is 0.0104. The molecule has 0 aromatic heterocycles. The van der Waals surface area contributed by atoms with Gasteiger partial charge in [0.05, 0.1) is 6.61 Å². The van der Waals surface area contributed by atoms with Gasteiger partial charge in [0, 0.05) is 25.7 Å². The molecule has 0 amide bonds. The largest absolute Gasteiger partial charge is 0.449 e. The topological polar surface area (TPSA) is 36.9 Å². The van der Waals surface area contributed by atoms with Crippen LogP contribution in [-0.2, 0) is 18.9 Å². The highest BCUT2D eigenvalue weighted by Gasteiger charge is 2.40. The van der Waals surface area contributed by atoms with E-state index in [0.717, 1.165) is 0 Å². The molecule has 2 fully saturated rings. The van der Waals surface area contributed by atoms with Crippen molar-refractivity contribution in [3.05, 3.63) is 0 Å². The van der Waals surface area contributed by atoms with E-state index in [1.807, 2.05) is 0 Å². The van der Waals surface area contributed by atoms with Crippen molar-refractivity contribution in [1.29, 1.82) is 0 Å². The molecule has 0 radical (unpaired) electrons. The monoisotopic (exact) mass is 190 g/mol. The van der Waals surface area contributed by atoms with E-state index in [9.17, 15) is 0 Å². The second-order valence-corrected chi connectivity index (χ2v) is 3.13. The Labute approximate surface area is 75.7 Å². The predicted molar refractivity (Wildman–Crippen MR) is 43.7 cm³/mol. The summed E-state index contributed by atoms with van der Waals surface area (Å²) in [5.74, 6) is 0. The lowest BCUT2D eigenvalue weighted by atomic mass is 10.1. The highest BCUT2D eigenvalue weighted by Crippen LogP contribution is 2.25. The Kier molecular flexibility index (Phi) is 2.16. The molecule has 0 aromatic rings. The smallest absolute Gasteiger partial charge is 0.353 e. The van der Waals surface area contributed by atoms with Crippen molar-refractivity contribution in [2.24, 2.45) is 0 Å². The molecule has 68 valence electrons. The van der Waals surface area contributed by atoms with Crippen LogP contribution in [0.2, 0.25) is 0 Å². The van der Waals surface area contributed by atoms with Crippen molar-refractivity contribution in [3.63, 3.8) is 0 Å². The molecule has 0 aromatic carbocycles. The molecule has 0 bridgehead atoms. The molecule has 2 heterocycles. The van der Waals surface area contributed by atoms with E-state index in [4.69, 9.17) is 31.2 Å². The first-order valence-electron chi connectivity index (χ1n) is 3.81. The van der Waals surface area contributed by atoms with Crippen LogP contribution in [0.15, 0.2) is 0 Å². The summed E-state index contributed by atoms with van der Waals surface area (Å²) >= 11 is 4.77. The Morgan fingerprint density at radius 2 is 2.17 bits per heavy atom. The van der Waals surface area contributed by atoms with Crippen molar-refractivity contribution in [2.75, 3.05) is 13.7 Å². The summed E-state index contributed by atoms with van der Waals surface area (Å²) in [6.07, 6.45) is 0.470. The lowest BCUT2D eigenvalue weighted by Gasteiger charge is -2.27. The van der Waals surface area contributed by atoms with Crippen LogP contribution >= 0.6 is 12.2 Å². The maximum Gasteiger partial charge on any atom is 0.353 e. The van der Waals surface area contributed by atoms with E-state index < -0.39 is 0 Å². The molecule has 0 unspecified atom stereocenters. The third kappa shape index (κ3) is 1.39. The minimum atomic E-state index is -0.184. The zero-order chi connectivity index (χ0) is 8.55. The van der Waals surface area contributed by atoms with Crippen LogP contribution in [0.25, 0.3) is 0 Å². The first kappa shape index (κ1) is 8.22. The van der Waals surface area contributed by atoms with Gasteiger partial charge >= 0.3 is 5.24 Å². The molecule has 4 nitrogen and oxygen atoms in total. The highest BCUT2D eigenvalue weighted by atomic mass is 32.1. The molecule has 12 heavy (non-hydrogen) atoms. The fourth-order valence-corrected chi connectivity index (χ4v) is 1.64. The molecular formula is C7H10O4S. The molecule has 2 saturated heterocycles. The number of fused-ring (bicyclic) bond motifs is 1. The molecule has 5 heteroatoms. The van der Waals surface area contributed by atoms with E-state index in [1.165, 1.54) is 0 Å². The normalized spacial score (nSPS) is 40.1. The van der Waals surface area contributed by atoms with Gasteiger partial charge in [0.1, 0.15) is 6.10 Å². The SMILES string of the molecule is CO[C@H]1C[C@@H]2OC(=S)O[C@@H]2CO1. The van der Waals surface area contributed by atoms with Gasteiger partial charge in [0.15, 0.2) is 12.4 Å². The van der Waals surface area contributed by atoms with Crippen molar-refractivity contribution < 1.29 is 18.9 Å². The van der Waals surface area contributed by atoms with Crippen LogP contribution in [0.1, 0.15) is 6.42 Å². The van der Waals surface area contributed by atoms with E-state index in [1.54, 1.807) is 7.11 Å². The number of ether oxygens (including phenoxy) is 4. The number of hydrogen-bond acceptors (Lipinski definition) is 5. The van der Waals surface area contributed by atoms with Crippen molar-refractivity contribution in [2.45, 2.75) is 24.9 Å². The van der Waals surface area contributed by atoms with Crippen LogP contribution in [0.4, 0.5) is 0 Å². The fourth-order valence-electron chi connectivity index (χ4n) is 1.39. The number of hydrogen-bond donors (Lipinski definition) is 0. The predicted octanol–water partition coefficient (Wildman–Crippen LogP) is 0.448. The van der Waals surface area contributed by atoms with Gasteiger partial charge in [-0.2, -0.15) is 0 Å². The van der Waals surface area contributed by atoms with Crippen LogP contribution in [0, 0.1) is 0 Å². The summed E-state index contributed by atoms with van der Waals surface area (Å²) in [6, 6.07) is 0. The number of rotatable bonds is 1. The third-order valence-corrected chi connectivity index (χ3v) is 2.24. The molecule has 3 atom stereocenters. The minimum Gasteiger partial charge on any atom is -0.449 e.